The van der Waals surface area contributed by atoms with Crippen LogP contribution in [-0.2, 0) is 58.3 Å². The Labute approximate surface area is 643 Å². The summed E-state index contributed by atoms with van der Waals surface area (Å²) in [5.41, 5.74) is 13.3. The zero-order valence-electron chi connectivity index (χ0n) is 68.5. The number of aryl methyl sites for hydroxylation is 2. The van der Waals surface area contributed by atoms with Crippen molar-refractivity contribution in [3.63, 3.8) is 0 Å². The monoisotopic (exact) mass is 1460 g/mol. The second-order valence-corrected chi connectivity index (χ2v) is 43.9. The van der Waals surface area contributed by atoms with E-state index in [-0.39, 0.29) is 93.9 Å². The molecule has 0 spiro atoms. The van der Waals surface area contributed by atoms with Crippen LogP contribution in [0.2, 0.25) is 19.6 Å². The van der Waals surface area contributed by atoms with Crippen molar-refractivity contribution in [2.45, 2.75) is 250 Å². The number of ether oxygens (including phenoxy) is 3. The van der Waals surface area contributed by atoms with Gasteiger partial charge >= 0.3 is 0 Å². The molecule has 3 N–H and O–H groups in total. The van der Waals surface area contributed by atoms with E-state index in [2.05, 4.69) is 277 Å². The van der Waals surface area contributed by atoms with E-state index >= 15 is 8.78 Å². The van der Waals surface area contributed by atoms with Gasteiger partial charge in [0.15, 0.2) is 0 Å². The molecule has 11 rings (SSSR count). The van der Waals surface area contributed by atoms with Crippen LogP contribution in [0.25, 0.3) is 77.2 Å². The number of nitrogens with zero attached hydrogens (tertiary/aromatic N) is 2. The minimum Gasteiger partial charge on any atom is -0.505 e. The Balaban J connectivity index is 0.00000115. The van der Waals surface area contributed by atoms with Crippen LogP contribution in [0, 0.1) is 42.9 Å². The predicted octanol–water partition coefficient (Wildman–Crippen LogP) is 26.0. The summed E-state index contributed by atoms with van der Waals surface area (Å²) in [7, 11) is -0.861. The molecule has 0 aliphatic carbocycles. The van der Waals surface area contributed by atoms with Gasteiger partial charge in [0, 0.05) is 88.9 Å². The summed E-state index contributed by atoms with van der Waals surface area (Å²) >= 11 is 0. The molecule has 3 heterocycles. The van der Waals surface area contributed by atoms with Crippen molar-refractivity contribution in [3.8, 4) is 56.6 Å². The molecule has 1 radical (unpaired) electrons. The summed E-state index contributed by atoms with van der Waals surface area (Å²) in [6.45, 7) is 66.0. The Hall–Kier alpha value is -6.53. The van der Waals surface area contributed by atoms with Crippen molar-refractivity contribution in [2.75, 3.05) is 26.4 Å². The molecule has 8 aromatic carbocycles. The summed E-state index contributed by atoms with van der Waals surface area (Å²) in [4.78, 5) is 0. The van der Waals surface area contributed by atoms with Gasteiger partial charge in [-0.05, 0) is 187 Å². The summed E-state index contributed by atoms with van der Waals surface area (Å²) < 4.78 is 54.8. The molecule has 11 heteroatoms. The van der Waals surface area contributed by atoms with E-state index in [0.29, 0.717) is 62.7 Å². The number of aliphatic hydroxyl groups is 2. The third-order valence-electron chi connectivity index (χ3n) is 19.9. The molecule has 104 heavy (non-hydrogen) atoms. The Bertz CT molecular complexity index is 4320. The van der Waals surface area contributed by atoms with Gasteiger partial charge in [-0.15, -0.1) is 8.07 Å². The number of halogens is 2. The van der Waals surface area contributed by atoms with Gasteiger partial charge in [-0.25, -0.2) is 8.78 Å². The summed E-state index contributed by atoms with van der Waals surface area (Å²) in [5.74, 6) is 0.0528. The van der Waals surface area contributed by atoms with Crippen LogP contribution >= 0.6 is 0 Å². The minimum atomic E-state index is -0.861. The number of rotatable bonds is 14. The molecule has 10 aromatic rings. The average molecular weight is 1460 g/mol. The molecule has 0 atom stereocenters. The van der Waals surface area contributed by atoms with Crippen LogP contribution in [0.4, 0.5) is 8.78 Å². The van der Waals surface area contributed by atoms with Gasteiger partial charge in [-0.2, -0.15) is 0 Å². The first-order valence-electron chi connectivity index (χ1n) is 37.6. The Morgan fingerprint density at radius 2 is 0.692 bits per heavy atom. The topological polar surface area (TPSA) is 81.6 Å². The van der Waals surface area contributed by atoms with Crippen molar-refractivity contribution in [1.29, 1.82) is 0 Å². The molecule has 557 valence electrons. The fraction of sp³-hybridized carbons (Fsp3) is 0.473. The SMILES string of the molecule is C1CC[OH+]C1.Cc1cc(F)cc(-c2cc(C(C)(C)CC(C)(C)C)cc(-n3c4cc(C(C)(C)C)ccc4c4ccc(C(C)(C)C)cc43)c2O)c1OCCCOc1c(C)cc(F)cc1-c1cc(C(C)(C)CC(C)(C)C)cc(-n2c3cc(C(C)(C)C)ccc3c3ccc(C(C)(C)C)cc32)c1O.[CH2-][Si](C)(C)C.[Sc]. The number of benzene rings is 8. The minimum absolute atomic E-state index is 0. The van der Waals surface area contributed by atoms with Gasteiger partial charge in [-0.3, -0.25) is 0 Å². The van der Waals surface area contributed by atoms with Crippen LogP contribution in [0.5, 0.6) is 23.0 Å². The van der Waals surface area contributed by atoms with Crippen LogP contribution < -0.4 is 9.47 Å². The first-order chi connectivity index (χ1) is 47.3. The molecule has 2 aromatic heterocycles. The first kappa shape index (κ1) is 83.1. The quantitative estimate of drug-likeness (QED) is 0.0492. The second-order valence-electron chi connectivity index (χ2n) is 38.8. The third-order valence-corrected chi connectivity index (χ3v) is 19.9. The van der Waals surface area contributed by atoms with Gasteiger partial charge in [0.1, 0.15) is 47.8 Å². The third kappa shape index (κ3) is 19.2. The van der Waals surface area contributed by atoms with E-state index in [9.17, 15) is 10.2 Å². The van der Waals surface area contributed by atoms with E-state index < -0.39 is 19.7 Å². The van der Waals surface area contributed by atoms with E-state index in [1.807, 2.05) is 26.0 Å². The van der Waals surface area contributed by atoms with Crippen molar-refractivity contribution in [3.05, 3.63) is 184 Å². The molecule has 1 saturated heterocycles. The van der Waals surface area contributed by atoms with E-state index in [1.54, 1.807) is 0 Å². The smallest absolute Gasteiger partial charge is 0.147 e. The van der Waals surface area contributed by atoms with Crippen LogP contribution in [-0.4, -0.2) is 58.6 Å². The molecule has 0 saturated carbocycles. The molecule has 0 amide bonds. The molecule has 1 aliphatic heterocycles. The maximum Gasteiger partial charge on any atom is 0.147 e. The predicted molar refractivity (Wildman–Crippen MR) is 440 cm³/mol. The fourth-order valence-corrected chi connectivity index (χ4v) is 15.3. The van der Waals surface area contributed by atoms with Crippen LogP contribution in [0.15, 0.2) is 121 Å². The van der Waals surface area contributed by atoms with E-state index in [1.165, 1.54) is 59.4 Å². The van der Waals surface area contributed by atoms with Gasteiger partial charge < -0.3 is 40.1 Å². The summed E-state index contributed by atoms with van der Waals surface area (Å²) in [6, 6.07) is 41.1. The Morgan fingerprint density at radius 1 is 0.413 bits per heavy atom. The number of aromatic hydroxyl groups is 2. The first-order valence-corrected chi connectivity index (χ1v) is 41.3. The maximum absolute atomic E-state index is 16.3. The number of hydrogen-bond donors (Lipinski definition) is 2. The van der Waals surface area contributed by atoms with Gasteiger partial charge in [0.05, 0.1) is 46.7 Å². The molecule has 1 fully saturated rings. The summed E-state index contributed by atoms with van der Waals surface area (Å²) in [5, 5.41) is 30.8. The number of phenolic OH excluding ortho intramolecular Hbond substituents is 2. The largest absolute Gasteiger partial charge is 0.505 e. The molecular formula is C93H124F2N2O5ScSi. The van der Waals surface area contributed by atoms with Crippen LogP contribution in [0.1, 0.15) is 229 Å². The zero-order valence-corrected chi connectivity index (χ0v) is 71.3. The van der Waals surface area contributed by atoms with Gasteiger partial charge in [-0.1, -0.05) is 220 Å². The average Bonchev–Trinajstić information content (AvgIpc) is 1.44. The van der Waals surface area contributed by atoms with Crippen molar-refractivity contribution in [2.24, 2.45) is 10.8 Å². The normalized spacial score (nSPS) is 13.7. The molecule has 1 aliphatic rings. The zero-order chi connectivity index (χ0) is 76.4. The molecule has 7 nitrogen and oxygen atoms in total. The fourth-order valence-electron chi connectivity index (χ4n) is 15.3. The van der Waals surface area contributed by atoms with E-state index in [0.717, 1.165) is 80.8 Å². The van der Waals surface area contributed by atoms with Gasteiger partial charge in [0.2, 0.25) is 0 Å². The van der Waals surface area contributed by atoms with Crippen molar-refractivity contribution >= 4 is 51.7 Å². The van der Waals surface area contributed by atoms with Crippen molar-refractivity contribution in [1.82, 2.24) is 9.13 Å². The maximum atomic E-state index is 16.3. The molecule has 0 unspecified atom stereocenters. The van der Waals surface area contributed by atoms with E-state index in [4.69, 9.17) is 9.47 Å². The number of aromatic nitrogens is 2. The Morgan fingerprint density at radius 3 is 0.933 bits per heavy atom. The van der Waals surface area contributed by atoms with Gasteiger partial charge in [0.25, 0.3) is 0 Å². The number of fused-ring (bicyclic) bond motifs is 6. The number of hydrogen-bond acceptors (Lipinski definition) is 4. The summed E-state index contributed by atoms with van der Waals surface area (Å²) in [6.07, 6.45) is 4.72. The Kier molecular flexibility index (Phi) is 24.5. The molecular weight excluding hydrogens is 1340 g/mol. The van der Waals surface area contributed by atoms with Crippen molar-refractivity contribution < 1.29 is 59.0 Å². The standard InChI is InChI=1S/C85H104F2N2O4.C4H8O.C4H11Si.Sc/c1-50-36-58(86)46-66(64-38-56(84(21,22)48-78(3,4)5)44-72(74(64)90)88-68-40-52(80(9,10)11)26-30-60(68)61-31-27-53(41-69(61)88)81(12,13)14)76(50)92-34-25-35-93-77-51(2)37-59(87)47-67(77)65-39-57(85(23,24)49-79(6,7)8)45-73(75(65)91)89-70-42-54(82(15,16)17)28-32-62(70)63-33-29-55(43-71(63)89)83(18,19)20;1-2-4-5-3-1;1-5(2,3)4;/h26-33,36-47,90-91H,25,34-35,48-49H2,1-24H3;1-4H2;1H2,2-4H3;/q;;-1;/p+1. The second kappa shape index (κ2) is 30.6. The number of phenols is 2. The molecule has 0 bridgehead atoms. The van der Waals surface area contributed by atoms with Crippen LogP contribution in [0.3, 0.4) is 0 Å².